The van der Waals surface area contributed by atoms with Gasteiger partial charge < -0.3 is 15.0 Å². The summed E-state index contributed by atoms with van der Waals surface area (Å²) in [6, 6.07) is 12.4. The third-order valence-corrected chi connectivity index (χ3v) is 9.54. The fourth-order valence-electron chi connectivity index (χ4n) is 5.59. The van der Waals surface area contributed by atoms with E-state index in [1.807, 2.05) is 17.0 Å². The molecule has 2 fully saturated rings. The number of nitrogens with one attached hydrogen (secondary N) is 1. The Hall–Kier alpha value is -3.02. The van der Waals surface area contributed by atoms with Gasteiger partial charge in [-0.15, -0.1) is 0 Å². The van der Waals surface area contributed by atoms with Crippen molar-refractivity contribution in [3.63, 3.8) is 0 Å². The van der Waals surface area contributed by atoms with Gasteiger partial charge in [-0.2, -0.15) is 4.31 Å². The SMILES string of the molecule is O=C(NC1CCCc2ccccc21)C1CCN(c2ccc(S(=O)(=O)N3CCOCC3)cc2[N+](=O)[O-])CC1. The van der Waals surface area contributed by atoms with E-state index in [2.05, 4.69) is 17.4 Å². The number of benzene rings is 2. The van der Waals surface area contributed by atoms with E-state index in [-0.39, 0.29) is 41.5 Å². The topological polar surface area (TPSA) is 122 Å². The molecule has 5 rings (SSSR count). The van der Waals surface area contributed by atoms with Crippen LogP contribution in [0.15, 0.2) is 47.4 Å². The number of amides is 1. The summed E-state index contributed by atoms with van der Waals surface area (Å²) in [5.41, 5.74) is 2.63. The van der Waals surface area contributed by atoms with Crippen LogP contribution in [0, 0.1) is 16.0 Å². The summed E-state index contributed by atoms with van der Waals surface area (Å²) in [6.45, 7) is 2.01. The quantitative estimate of drug-likeness (QED) is 0.452. The first kappa shape index (κ1) is 25.6. The summed E-state index contributed by atoms with van der Waals surface area (Å²) >= 11 is 0. The molecule has 11 heteroatoms. The normalized spacial score (nSPS) is 21.3. The van der Waals surface area contributed by atoms with Crippen molar-refractivity contribution in [2.24, 2.45) is 5.92 Å². The number of hydrogen-bond donors (Lipinski definition) is 1. The molecule has 1 N–H and O–H groups in total. The van der Waals surface area contributed by atoms with E-state index in [9.17, 15) is 23.3 Å². The molecular formula is C26H32N4O6S. The molecule has 0 saturated carbocycles. The van der Waals surface area contributed by atoms with Gasteiger partial charge in [-0.25, -0.2) is 8.42 Å². The van der Waals surface area contributed by atoms with Crippen LogP contribution in [-0.2, 0) is 26.0 Å². The van der Waals surface area contributed by atoms with Crippen LogP contribution < -0.4 is 10.2 Å². The molecule has 10 nitrogen and oxygen atoms in total. The first-order valence-electron chi connectivity index (χ1n) is 12.8. The zero-order valence-electron chi connectivity index (χ0n) is 20.7. The monoisotopic (exact) mass is 528 g/mol. The number of rotatable bonds is 6. The van der Waals surface area contributed by atoms with Gasteiger partial charge in [-0.3, -0.25) is 14.9 Å². The van der Waals surface area contributed by atoms with Crippen molar-refractivity contribution >= 4 is 27.3 Å². The summed E-state index contributed by atoms with van der Waals surface area (Å²) in [6.07, 6.45) is 4.15. The van der Waals surface area contributed by atoms with Crippen molar-refractivity contribution in [3.05, 3.63) is 63.7 Å². The molecule has 1 atom stereocenters. The van der Waals surface area contributed by atoms with Crippen LogP contribution in [0.5, 0.6) is 0 Å². The second kappa shape index (κ2) is 10.8. The second-order valence-electron chi connectivity index (χ2n) is 9.84. The van der Waals surface area contributed by atoms with E-state index in [4.69, 9.17) is 4.74 Å². The lowest BCUT2D eigenvalue weighted by atomic mass is 9.87. The number of anilines is 1. The Morgan fingerprint density at radius 2 is 1.76 bits per heavy atom. The lowest BCUT2D eigenvalue weighted by Crippen LogP contribution is -2.42. The van der Waals surface area contributed by atoms with Gasteiger partial charge in [-0.05, 0) is 55.4 Å². The van der Waals surface area contributed by atoms with Gasteiger partial charge in [0.2, 0.25) is 15.9 Å². The largest absolute Gasteiger partial charge is 0.379 e. The molecule has 2 aliphatic heterocycles. The van der Waals surface area contributed by atoms with Crippen LogP contribution in [0.4, 0.5) is 11.4 Å². The lowest BCUT2D eigenvalue weighted by Gasteiger charge is -2.34. The molecule has 1 aliphatic carbocycles. The van der Waals surface area contributed by atoms with Crippen LogP contribution in [0.2, 0.25) is 0 Å². The molecule has 0 bridgehead atoms. The highest BCUT2D eigenvalue weighted by molar-refractivity contribution is 7.89. The summed E-state index contributed by atoms with van der Waals surface area (Å²) in [5, 5.41) is 15.1. The molecule has 0 spiro atoms. The predicted octanol–water partition coefficient (Wildman–Crippen LogP) is 3.03. The maximum Gasteiger partial charge on any atom is 0.293 e. The fraction of sp³-hybridized carbons (Fsp3) is 0.500. The highest BCUT2D eigenvalue weighted by atomic mass is 32.2. The van der Waals surface area contributed by atoms with Gasteiger partial charge >= 0.3 is 0 Å². The van der Waals surface area contributed by atoms with Crippen molar-refractivity contribution in [1.82, 2.24) is 9.62 Å². The van der Waals surface area contributed by atoms with Crippen LogP contribution in [0.25, 0.3) is 0 Å². The van der Waals surface area contributed by atoms with Crippen molar-refractivity contribution < 1.29 is 22.9 Å². The molecule has 0 radical (unpaired) electrons. The third kappa shape index (κ3) is 5.34. The van der Waals surface area contributed by atoms with Crippen molar-refractivity contribution in [3.8, 4) is 0 Å². The summed E-state index contributed by atoms with van der Waals surface area (Å²) in [7, 11) is -3.84. The highest BCUT2D eigenvalue weighted by Crippen LogP contribution is 2.35. The van der Waals surface area contributed by atoms with E-state index in [0.717, 1.165) is 25.3 Å². The molecule has 2 aromatic carbocycles. The molecule has 37 heavy (non-hydrogen) atoms. The maximum absolute atomic E-state index is 13.1. The van der Waals surface area contributed by atoms with E-state index >= 15 is 0 Å². The molecule has 0 aromatic heterocycles. The first-order valence-corrected chi connectivity index (χ1v) is 14.3. The molecule has 1 amide bonds. The smallest absolute Gasteiger partial charge is 0.293 e. The summed E-state index contributed by atoms with van der Waals surface area (Å²) < 4.78 is 32.5. The second-order valence-corrected chi connectivity index (χ2v) is 11.8. The number of nitro benzene ring substituents is 1. The third-order valence-electron chi connectivity index (χ3n) is 7.64. The number of ether oxygens (including phenoxy) is 1. The van der Waals surface area contributed by atoms with Gasteiger partial charge in [0.25, 0.3) is 5.69 Å². The minimum atomic E-state index is -3.84. The molecule has 1 unspecified atom stereocenters. The van der Waals surface area contributed by atoms with Gasteiger partial charge in [0.15, 0.2) is 0 Å². The molecule has 2 saturated heterocycles. The van der Waals surface area contributed by atoms with E-state index in [1.165, 1.54) is 27.6 Å². The minimum Gasteiger partial charge on any atom is -0.379 e. The number of fused-ring (bicyclic) bond motifs is 1. The Balaban J connectivity index is 1.26. The predicted molar refractivity (Wildman–Crippen MR) is 138 cm³/mol. The van der Waals surface area contributed by atoms with Crippen molar-refractivity contribution in [2.45, 2.75) is 43.0 Å². The maximum atomic E-state index is 13.1. The van der Waals surface area contributed by atoms with Crippen molar-refractivity contribution in [1.29, 1.82) is 0 Å². The van der Waals surface area contributed by atoms with Gasteiger partial charge in [-0.1, -0.05) is 24.3 Å². The number of nitrogens with zero attached hydrogens (tertiary/aromatic N) is 3. The molecular weight excluding hydrogens is 496 g/mol. The molecule has 198 valence electrons. The number of hydrogen-bond acceptors (Lipinski definition) is 7. The Morgan fingerprint density at radius 3 is 2.49 bits per heavy atom. The first-order chi connectivity index (χ1) is 17.8. The van der Waals surface area contributed by atoms with Crippen molar-refractivity contribution in [2.75, 3.05) is 44.3 Å². The van der Waals surface area contributed by atoms with Crippen LogP contribution in [0.3, 0.4) is 0 Å². The highest BCUT2D eigenvalue weighted by Gasteiger charge is 2.33. The van der Waals surface area contributed by atoms with Gasteiger partial charge in [0, 0.05) is 38.2 Å². The molecule has 2 aromatic rings. The number of sulfonamides is 1. The Labute approximate surface area is 216 Å². The Bertz CT molecular complexity index is 1270. The zero-order chi connectivity index (χ0) is 26.0. The van der Waals surface area contributed by atoms with E-state index in [0.29, 0.717) is 44.8 Å². The van der Waals surface area contributed by atoms with Gasteiger partial charge in [0.05, 0.1) is 29.1 Å². The average Bonchev–Trinajstić information content (AvgIpc) is 2.93. The number of carbonyl (C=O) groups is 1. The molecule has 2 heterocycles. The fourth-order valence-corrected chi connectivity index (χ4v) is 7.02. The number of nitro groups is 1. The lowest BCUT2D eigenvalue weighted by molar-refractivity contribution is -0.384. The standard InChI is InChI=1S/C26H32N4O6S/c31-26(27-23-7-3-5-19-4-1-2-6-22(19)23)20-10-12-28(13-11-20)24-9-8-21(18-25(24)30(32)33)37(34,35)29-14-16-36-17-15-29/h1-2,4,6,8-9,18,20,23H,3,5,7,10-17H2,(H,27,31). The Kier molecular flexibility index (Phi) is 7.45. The van der Waals surface area contributed by atoms with Gasteiger partial charge in [0.1, 0.15) is 5.69 Å². The Morgan fingerprint density at radius 1 is 1.03 bits per heavy atom. The summed E-state index contributed by atoms with van der Waals surface area (Å²) in [5.74, 6) is -0.131. The number of carbonyl (C=O) groups excluding carboxylic acids is 1. The zero-order valence-corrected chi connectivity index (χ0v) is 21.5. The average molecular weight is 529 g/mol. The molecule has 3 aliphatic rings. The number of morpholine rings is 1. The summed E-state index contributed by atoms with van der Waals surface area (Å²) in [4.78, 5) is 26.2. The van der Waals surface area contributed by atoms with Crippen LogP contribution in [0.1, 0.15) is 42.9 Å². The van der Waals surface area contributed by atoms with E-state index in [1.54, 1.807) is 0 Å². The van der Waals surface area contributed by atoms with Crippen LogP contribution in [-0.4, -0.2) is 62.9 Å². The number of aryl methyl sites for hydroxylation is 1. The van der Waals surface area contributed by atoms with E-state index < -0.39 is 14.9 Å². The van der Waals surface area contributed by atoms with Crippen LogP contribution >= 0.6 is 0 Å². The number of piperidine rings is 1. The minimum absolute atomic E-state index is 0.0255.